The highest BCUT2D eigenvalue weighted by Gasteiger charge is 2.32. The van der Waals surface area contributed by atoms with E-state index in [1.54, 1.807) is 29.9 Å². The van der Waals surface area contributed by atoms with E-state index in [1.165, 1.54) is 4.90 Å². The number of rotatable bonds is 5. The van der Waals surface area contributed by atoms with Crippen molar-refractivity contribution in [1.29, 1.82) is 0 Å². The van der Waals surface area contributed by atoms with Gasteiger partial charge in [0.2, 0.25) is 5.91 Å². The minimum atomic E-state index is -0.292. The standard InChI is InChI=1S/C31H39N5O5/c1-21(2)19-39-26-11-24-12-27(13-26)41-25-7-5-6-22(10-25)20-40-29-17-36(16-23-14-32-35(4)15-23)9-8-28(29)33-30(37)18-34(3)31(24)38/h5-7,10-15,21,28-29H,8-9,16-20H2,1-4H3,(H,33,37)/t28-,29-/m0/s1. The van der Waals surface area contributed by atoms with Crippen LogP contribution in [-0.2, 0) is 29.7 Å². The van der Waals surface area contributed by atoms with Crippen LogP contribution in [0.5, 0.6) is 17.2 Å². The molecular formula is C31H39N5O5. The SMILES string of the molecule is CC(C)COc1cc2cc(c1)C(=O)N(C)CC(=O)N[C@H]1CCN(Cc3cnn(C)c3)C[C@@H]1OCc1cccc(c1)O2. The molecule has 10 heteroatoms. The van der Waals surface area contributed by atoms with Gasteiger partial charge in [0.15, 0.2) is 0 Å². The molecule has 1 N–H and O–H groups in total. The maximum atomic E-state index is 13.4. The molecule has 3 aromatic rings. The first-order valence-electron chi connectivity index (χ1n) is 14.1. The van der Waals surface area contributed by atoms with Gasteiger partial charge in [0, 0.05) is 57.1 Å². The molecule has 0 radical (unpaired) electrons. The van der Waals surface area contributed by atoms with Crippen LogP contribution < -0.4 is 14.8 Å². The highest BCUT2D eigenvalue weighted by Crippen LogP contribution is 2.29. The summed E-state index contributed by atoms with van der Waals surface area (Å²) in [6.07, 6.45) is 4.40. The van der Waals surface area contributed by atoms with Crippen molar-refractivity contribution in [2.75, 3.05) is 33.3 Å². The van der Waals surface area contributed by atoms with Crippen LogP contribution in [0.3, 0.4) is 0 Å². The zero-order chi connectivity index (χ0) is 28.9. The predicted octanol–water partition coefficient (Wildman–Crippen LogP) is 3.61. The van der Waals surface area contributed by atoms with Gasteiger partial charge in [-0.2, -0.15) is 5.10 Å². The van der Waals surface area contributed by atoms with Crippen LogP contribution in [0.2, 0.25) is 0 Å². The van der Waals surface area contributed by atoms with Crippen molar-refractivity contribution in [1.82, 2.24) is 24.9 Å². The molecule has 218 valence electrons. The summed E-state index contributed by atoms with van der Waals surface area (Å²) in [5, 5.41) is 7.43. The molecule has 0 spiro atoms. The van der Waals surface area contributed by atoms with Crippen molar-refractivity contribution in [2.45, 2.75) is 45.6 Å². The van der Waals surface area contributed by atoms with E-state index in [0.29, 0.717) is 48.5 Å². The summed E-state index contributed by atoms with van der Waals surface area (Å²) in [6.45, 7) is 7.15. The van der Waals surface area contributed by atoms with Crippen LogP contribution in [0.1, 0.15) is 41.8 Å². The van der Waals surface area contributed by atoms with E-state index in [4.69, 9.17) is 14.2 Å². The van der Waals surface area contributed by atoms with E-state index in [1.807, 2.05) is 43.7 Å². The second-order valence-corrected chi connectivity index (χ2v) is 11.4. The van der Waals surface area contributed by atoms with Gasteiger partial charge in [0.1, 0.15) is 17.2 Å². The van der Waals surface area contributed by atoms with E-state index >= 15 is 0 Å². The number of likely N-dealkylation sites (N-methyl/N-ethyl adjacent to an activating group) is 1. The summed E-state index contributed by atoms with van der Waals surface area (Å²) in [7, 11) is 3.53. The fourth-order valence-electron chi connectivity index (χ4n) is 5.17. The van der Waals surface area contributed by atoms with Crippen molar-refractivity contribution in [3.63, 3.8) is 0 Å². The number of likely N-dealkylation sites (tertiary alicyclic amines) is 1. The average molecular weight is 562 g/mol. The van der Waals surface area contributed by atoms with Crippen molar-refractivity contribution in [3.05, 3.63) is 71.5 Å². The maximum absolute atomic E-state index is 13.4. The zero-order valence-corrected chi connectivity index (χ0v) is 24.2. The number of nitrogens with one attached hydrogen (secondary N) is 1. The monoisotopic (exact) mass is 561 g/mol. The molecule has 4 bridgehead atoms. The number of fused-ring (bicyclic) bond motifs is 5. The molecule has 0 saturated carbocycles. The predicted molar refractivity (Wildman–Crippen MR) is 154 cm³/mol. The molecule has 3 heterocycles. The summed E-state index contributed by atoms with van der Waals surface area (Å²) in [5.41, 5.74) is 2.48. The number of carbonyl (C=O) groups is 2. The lowest BCUT2D eigenvalue weighted by Crippen LogP contribution is -2.56. The molecule has 41 heavy (non-hydrogen) atoms. The molecule has 2 amide bonds. The van der Waals surface area contributed by atoms with E-state index in [9.17, 15) is 9.59 Å². The van der Waals surface area contributed by atoms with Crippen molar-refractivity contribution < 1.29 is 23.8 Å². The third kappa shape index (κ3) is 7.65. The Morgan fingerprint density at radius 2 is 1.98 bits per heavy atom. The fourth-order valence-corrected chi connectivity index (χ4v) is 5.17. The van der Waals surface area contributed by atoms with E-state index in [0.717, 1.165) is 30.6 Å². The van der Waals surface area contributed by atoms with Crippen LogP contribution in [0.15, 0.2) is 54.9 Å². The van der Waals surface area contributed by atoms with Gasteiger partial charge >= 0.3 is 0 Å². The third-order valence-corrected chi connectivity index (χ3v) is 7.19. The summed E-state index contributed by atoms with van der Waals surface area (Å²) in [5.74, 6) is 1.46. The van der Waals surface area contributed by atoms with Gasteiger partial charge in [0.05, 0.1) is 38.1 Å². The van der Waals surface area contributed by atoms with E-state index < -0.39 is 0 Å². The smallest absolute Gasteiger partial charge is 0.254 e. The van der Waals surface area contributed by atoms with Crippen LogP contribution in [-0.4, -0.2) is 76.8 Å². The number of amides is 2. The van der Waals surface area contributed by atoms with E-state index in [-0.39, 0.29) is 30.5 Å². The summed E-state index contributed by atoms with van der Waals surface area (Å²) < 4.78 is 20.4. The highest BCUT2D eigenvalue weighted by atomic mass is 16.5. The van der Waals surface area contributed by atoms with Gasteiger partial charge < -0.3 is 24.4 Å². The number of benzene rings is 2. The Morgan fingerprint density at radius 3 is 2.76 bits per heavy atom. The van der Waals surface area contributed by atoms with Crippen LogP contribution in [0, 0.1) is 5.92 Å². The fraction of sp³-hybridized carbons (Fsp3) is 0.452. The number of nitrogens with zero attached hydrogens (tertiary/aromatic N) is 4. The molecule has 0 unspecified atom stereocenters. The number of piperidine rings is 1. The van der Waals surface area contributed by atoms with Crippen molar-refractivity contribution >= 4 is 11.8 Å². The Morgan fingerprint density at radius 1 is 1.12 bits per heavy atom. The second-order valence-electron chi connectivity index (χ2n) is 11.4. The summed E-state index contributed by atoms with van der Waals surface area (Å²) >= 11 is 0. The molecule has 5 rings (SSSR count). The molecule has 2 aliphatic rings. The quantitative estimate of drug-likeness (QED) is 0.508. The number of carbonyl (C=O) groups excluding carboxylic acids is 2. The van der Waals surface area contributed by atoms with Gasteiger partial charge in [-0.3, -0.25) is 19.2 Å². The number of aromatic nitrogens is 2. The largest absolute Gasteiger partial charge is 0.493 e. The van der Waals surface area contributed by atoms with Gasteiger partial charge in [-0.25, -0.2) is 0 Å². The minimum Gasteiger partial charge on any atom is -0.493 e. The molecule has 2 aliphatic heterocycles. The maximum Gasteiger partial charge on any atom is 0.254 e. The molecule has 10 nitrogen and oxygen atoms in total. The Labute approximate surface area is 241 Å². The Balaban J connectivity index is 1.40. The first kappa shape index (κ1) is 28.6. The van der Waals surface area contributed by atoms with E-state index in [2.05, 4.69) is 29.2 Å². The number of hydrogen-bond donors (Lipinski definition) is 1. The number of ether oxygens (including phenoxy) is 3. The van der Waals surface area contributed by atoms with Gasteiger partial charge in [-0.15, -0.1) is 0 Å². The lowest BCUT2D eigenvalue weighted by atomic mass is 10.0. The molecule has 1 saturated heterocycles. The lowest BCUT2D eigenvalue weighted by Gasteiger charge is -2.38. The zero-order valence-electron chi connectivity index (χ0n) is 24.2. The normalized spacial score (nSPS) is 20.4. The minimum absolute atomic E-state index is 0.0756. The first-order valence-corrected chi connectivity index (χ1v) is 14.1. The Kier molecular flexibility index (Phi) is 8.90. The highest BCUT2D eigenvalue weighted by molar-refractivity contribution is 5.97. The summed E-state index contributed by atoms with van der Waals surface area (Å²) in [4.78, 5) is 30.3. The molecule has 1 fully saturated rings. The first-order chi connectivity index (χ1) is 19.7. The number of hydrogen-bond acceptors (Lipinski definition) is 7. The van der Waals surface area contributed by atoms with Gasteiger partial charge in [-0.05, 0) is 42.2 Å². The van der Waals surface area contributed by atoms with Crippen LogP contribution in [0.4, 0.5) is 0 Å². The molecular weight excluding hydrogens is 522 g/mol. The van der Waals surface area contributed by atoms with Crippen LogP contribution in [0.25, 0.3) is 0 Å². The molecule has 2 atom stereocenters. The summed E-state index contributed by atoms with van der Waals surface area (Å²) in [6, 6.07) is 12.7. The van der Waals surface area contributed by atoms with Crippen molar-refractivity contribution in [2.24, 2.45) is 13.0 Å². The molecule has 0 aliphatic carbocycles. The van der Waals surface area contributed by atoms with Gasteiger partial charge in [-0.1, -0.05) is 26.0 Å². The van der Waals surface area contributed by atoms with Gasteiger partial charge in [0.25, 0.3) is 5.91 Å². The molecule has 2 aromatic carbocycles. The Bertz CT molecular complexity index is 1370. The lowest BCUT2D eigenvalue weighted by molar-refractivity contribution is -0.125. The van der Waals surface area contributed by atoms with Crippen LogP contribution >= 0.6 is 0 Å². The molecule has 1 aromatic heterocycles. The third-order valence-electron chi connectivity index (χ3n) is 7.19. The Hall–Kier alpha value is -3.89. The van der Waals surface area contributed by atoms with Crippen molar-refractivity contribution in [3.8, 4) is 17.2 Å². The second kappa shape index (κ2) is 12.7. The number of aryl methyl sites for hydroxylation is 1. The average Bonchev–Trinajstić information content (AvgIpc) is 3.35. The topological polar surface area (TPSA) is 98.2 Å².